The number of benzene rings is 10. The van der Waals surface area contributed by atoms with Gasteiger partial charge in [0.15, 0.2) is 0 Å². The van der Waals surface area contributed by atoms with Crippen LogP contribution in [0.5, 0.6) is 11.5 Å². The summed E-state index contributed by atoms with van der Waals surface area (Å²) in [6.07, 6.45) is 0.544. The lowest BCUT2D eigenvalue weighted by Crippen LogP contribution is -2.93. The Morgan fingerprint density at radius 3 is 0.600 bits per heavy atom. The number of ether oxygens (including phenoxy) is 2. The van der Waals surface area contributed by atoms with Gasteiger partial charge in [0, 0.05) is 65.8 Å². The molecule has 6 aliphatic rings. The summed E-state index contributed by atoms with van der Waals surface area (Å²) < 4.78 is 132. The fourth-order valence-corrected chi connectivity index (χ4v) is 69.4. The molecule has 0 saturated carbocycles. The third kappa shape index (κ3) is 13.3. The summed E-state index contributed by atoms with van der Waals surface area (Å²) in [6.45, 7) is 4.07. The molecular formula is C68H66N2O20Si10. The maximum atomic E-state index is 11.8. The van der Waals surface area contributed by atoms with Gasteiger partial charge in [-0.05, 0) is 62.3 Å². The number of fused-ring (bicyclic) bond motifs is 4. The first-order valence-electron chi connectivity index (χ1n) is 32.5. The predicted octanol–water partition coefficient (Wildman–Crippen LogP) is 7.95. The summed E-state index contributed by atoms with van der Waals surface area (Å²) in [5.74, 6) is 0.821. The van der Waals surface area contributed by atoms with Gasteiger partial charge in [0.2, 0.25) is 0 Å². The van der Waals surface area contributed by atoms with E-state index in [4.69, 9.17) is 67.1 Å². The van der Waals surface area contributed by atoms with Crippen molar-refractivity contribution in [2.24, 2.45) is 0 Å². The molecule has 0 atom stereocenters. The molecule has 0 amide bonds. The molecule has 6 aliphatic heterocycles. The van der Waals surface area contributed by atoms with Gasteiger partial charge in [0.1, 0.15) is 11.5 Å². The number of non-ortho nitro benzene ring substituents is 2. The van der Waals surface area contributed by atoms with E-state index in [0.29, 0.717) is 53.0 Å². The number of nitro groups is 2. The molecule has 508 valence electrons. The average Bonchev–Trinajstić information content (AvgIpc) is 0.677. The van der Waals surface area contributed by atoms with Crippen molar-refractivity contribution >= 4 is 140 Å². The Hall–Kier alpha value is -7.79. The summed E-state index contributed by atoms with van der Waals surface area (Å²) in [6, 6.07) is 87.6. The molecule has 10 aromatic rings. The van der Waals surface area contributed by atoms with Gasteiger partial charge in [-0.15, -0.1) is 0 Å². The zero-order chi connectivity index (χ0) is 68.6. The van der Waals surface area contributed by atoms with Crippen LogP contribution in [0.25, 0.3) is 0 Å². The van der Waals surface area contributed by atoms with Crippen molar-refractivity contribution in [1.82, 2.24) is 0 Å². The number of hydrogen-bond acceptors (Lipinski definition) is 20. The molecule has 0 aliphatic carbocycles. The van der Waals surface area contributed by atoms with Crippen molar-refractivity contribution in [3.63, 3.8) is 0 Å². The third-order valence-electron chi connectivity index (χ3n) is 17.3. The number of rotatable bonds is 20. The van der Waals surface area contributed by atoms with Crippen molar-refractivity contribution < 1.29 is 76.9 Å². The van der Waals surface area contributed by atoms with Crippen LogP contribution in [0.3, 0.4) is 0 Å². The molecule has 10 aromatic carbocycles. The number of hydrogen-bond donors (Lipinski definition) is 0. The molecule has 8 bridgehead atoms. The van der Waals surface area contributed by atoms with Crippen molar-refractivity contribution in [3.8, 4) is 11.5 Å². The Balaban J connectivity index is 1.09. The summed E-state index contributed by atoms with van der Waals surface area (Å²) in [4.78, 5) is 22.6. The van der Waals surface area contributed by atoms with Crippen LogP contribution in [0.4, 0.5) is 11.4 Å². The Bertz CT molecular complexity index is 3980. The highest BCUT2D eigenvalue weighted by Gasteiger charge is 2.83. The molecule has 16 rings (SSSR count). The molecule has 0 spiro atoms. The minimum atomic E-state index is -5.37. The van der Waals surface area contributed by atoms with E-state index in [0.717, 1.165) is 0 Å². The lowest BCUT2D eigenvalue weighted by atomic mass is 10.3. The lowest BCUT2D eigenvalue weighted by molar-refractivity contribution is -0.385. The molecule has 100 heavy (non-hydrogen) atoms. The van der Waals surface area contributed by atoms with Gasteiger partial charge < -0.3 is 67.1 Å². The quantitative estimate of drug-likeness (QED) is 0.0305. The zero-order valence-electron chi connectivity index (χ0n) is 54.0. The Labute approximate surface area is 587 Å². The van der Waals surface area contributed by atoms with Gasteiger partial charge in [0.25, 0.3) is 11.4 Å². The molecule has 0 aromatic heterocycles. The average molecular weight is 1510 g/mol. The van der Waals surface area contributed by atoms with Gasteiger partial charge in [-0.2, -0.15) is 0 Å². The molecule has 6 fully saturated rings. The van der Waals surface area contributed by atoms with E-state index in [1.807, 2.05) is 256 Å². The summed E-state index contributed by atoms with van der Waals surface area (Å²) >= 11 is 0. The van der Waals surface area contributed by atoms with E-state index in [1.165, 1.54) is 24.3 Å². The monoisotopic (exact) mass is 1510 g/mol. The first kappa shape index (κ1) is 68.0. The SMILES string of the molecule is C[Si]1(CCCOc2ccc([N+](=O)[O-])cc2)O[Si]2(c3ccccc3)O[Si]3(c4ccccc4)O[Si]4(c5ccccc5)O[Si](C)(CCCOc5ccc([N+](=O)[O-])cc5)O[Si]5(c6ccccc6)O[Si](c6ccccc6)(O[Si](c6ccccc6)(O1)O[Si](c1ccccc1)(O5)O[Si](c1ccccc1)(O2)O4)O3. The maximum absolute atomic E-state index is 11.8. The molecule has 22 nitrogen and oxygen atoms in total. The van der Waals surface area contributed by atoms with Crippen molar-refractivity contribution in [2.75, 3.05) is 13.2 Å². The Morgan fingerprint density at radius 1 is 0.260 bits per heavy atom. The topological polar surface area (TPSA) is 234 Å². The van der Waals surface area contributed by atoms with Crippen molar-refractivity contribution in [2.45, 2.75) is 38.0 Å². The highest BCUT2D eigenvalue weighted by atomic mass is 28.6. The van der Waals surface area contributed by atoms with E-state index in [2.05, 4.69) is 0 Å². The van der Waals surface area contributed by atoms with Crippen LogP contribution < -0.4 is 51.0 Å². The number of nitro benzene ring substituents is 2. The maximum Gasteiger partial charge on any atom is 0.515 e. The van der Waals surface area contributed by atoms with Crippen LogP contribution in [0.15, 0.2) is 291 Å². The van der Waals surface area contributed by atoms with Crippen LogP contribution >= 0.6 is 0 Å². The van der Waals surface area contributed by atoms with Crippen molar-refractivity contribution in [3.05, 3.63) is 311 Å². The highest BCUT2D eigenvalue weighted by Crippen LogP contribution is 2.48. The van der Waals surface area contributed by atoms with E-state index in [-0.39, 0.29) is 49.5 Å². The normalized spacial score (nSPS) is 29.9. The van der Waals surface area contributed by atoms with Gasteiger partial charge in [0.05, 0.1) is 23.1 Å². The van der Waals surface area contributed by atoms with Gasteiger partial charge >= 0.3 is 87.6 Å². The second-order valence-corrected chi connectivity index (χ2v) is 55.0. The van der Waals surface area contributed by atoms with E-state index < -0.39 is 97.4 Å². The highest BCUT2D eigenvalue weighted by molar-refractivity contribution is 7.12. The van der Waals surface area contributed by atoms with Crippen LogP contribution in [0, 0.1) is 20.2 Å². The molecule has 0 N–H and O–H groups in total. The Kier molecular flexibility index (Phi) is 18.7. The van der Waals surface area contributed by atoms with Gasteiger partial charge in [-0.25, -0.2) is 0 Å². The summed E-state index contributed by atoms with van der Waals surface area (Å²) in [7, 11) is -51.0. The van der Waals surface area contributed by atoms with E-state index in [9.17, 15) is 20.2 Å². The van der Waals surface area contributed by atoms with Crippen molar-refractivity contribution in [1.29, 1.82) is 0 Å². The molecule has 6 heterocycles. The van der Waals surface area contributed by atoms with Crippen LogP contribution in [0.1, 0.15) is 12.8 Å². The number of nitrogens with zero attached hydrogens (tertiary/aromatic N) is 2. The molecule has 0 radical (unpaired) electrons. The lowest BCUT2D eigenvalue weighted by Gasteiger charge is -2.61. The fraction of sp³-hybridized carbons (Fsp3) is 0.118. The van der Waals surface area contributed by atoms with Gasteiger partial charge in [-0.1, -0.05) is 243 Å². The van der Waals surface area contributed by atoms with E-state index >= 15 is 0 Å². The van der Waals surface area contributed by atoms with E-state index in [1.54, 1.807) is 24.3 Å². The molecule has 0 unspecified atom stereocenters. The third-order valence-corrected chi connectivity index (χ3v) is 60.8. The second-order valence-electron chi connectivity index (χ2n) is 24.5. The Morgan fingerprint density at radius 2 is 0.430 bits per heavy atom. The smallest absolute Gasteiger partial charge is 0.494 e. The van der Waals surface area contributed by atoms with Crippen LogP contribution in [-0.2, 0) is 57.6 Å². The van der Waals surface area contributed by atoms with Crippen LogP contribution in [0.2, 0.25) is 25.2 Å². The molecule has 6 saturated heterocycles. The van der Waals surface area contributed by atoms with Crippen LogP contribution in [-0.4, -0.2) is 111 Å². The standard InChI is InChI=1S/C68H66N2O20Si10/c1-91(55-27-53-75-59-49-45-57(46-50-59)69(71)72)77-93(61-29-11-3-12-30-61)81-97(65-37-19-7-20-38-65)85-95(63-33-15-5-16-34-63)79-92(2,56-28-54-76-60-51-47-58(48-52-60)70(73)74)80-96(64-35-17-6-18-36-64)87-99(89-97,67-41-23-9-24-42-67)83-94(78-91,62-31-13-4-14-32-62)84-100(88-96,68-43-25-10-26-44-68)90-98(82-93,86-95)66-39-21-8-22-40-66/h3-26,29-52H,27-28,53-56H2,1-2H3. The van der Waals surface area contributed by atoms with Gasteiger partial charge in [-0.3, -0.25) is 20.2 Å². The second kappa shape index (κ2) is 27.5. The minimum Gasteiger partial charge on any atom is -0.494 e. The first-order chi connectivity index (χ1) is 48.5. The first-order valence-corrected chi connectivity index (χ1v) is 51.4. The zero-order valence-corrected chi connectivity index (χ0v) is 64.0. The fourth-order valence-electron chi connectivity index (χ4n) is 12.7. The molecular weight excluding hydrogens is 1450 g/mol. The predicted molar refractivity (Wildman–Crippen MR) is 389 cm³/mol. The molecule has 32 heteroatoms. The summed E-state index contributed by atoms with van der Waals surface area (Å²) in [5.41, 5.74) is -0.160. The summed E-state index contributed by atoms with van der Waals surface area (Å²) in [5, 5.41) is 27.0. The minimum absolute atomic E-state index is 0.0800. The largest absolute Gasteiger partial charge is 0.515 e.